The summed E-state index contributed by atoms with van der Waals surface area (Å²) in [5, 5.41) is 3.26. The van der Waals surface area contributed by atoms with Gasteiger partial charge in [0, 0.05) is 26.2 Å². The van der Waals surface area contributed by atoms with E-state index in [2.05, 4.69) is 41.4 Å². The largest absolute Gasteiger partial charge is 0.465 e. The van der Waals surface area contributed by atoms with E-state index in [1.165, 1.54) is 11.1 Å². The fourth-order valence-corrected chi connectivity index (χ4v) is 2.45. The van der Waals surface area contributed by atoms with Gasteiger partial charge in [0.1, 0.15) is 6.04 Å². The number of nitrogens with zero attached hydrogens (tertiary/aromatic N) is 1. The first-order chi connectivity index (χ1) is 9.20. The molecule has 1 heterocycles. The van der Waals surface area contributed by atoms with Crippen molar-refractivity contribution in [1.29, 1.82) is 0 Å². The summed E-state index contributed by atoms with van der Waals surface area (Å²) in [7, 11) is 0. The number of carbonyl (C=O) groups is 1. The summed E-state index contributed by atoms with van der Waals surface area (Å²) < 4.78 is 5.15. The van der Waals surface area contributed by atoms with Crippen LogP contribution < -0.4 is 5.32 Å². The van der Waals surface area contributed by atoms with Crippen LogP contribution >= 0.6 is 0 Å². The van der Waals surface area contributed by atoms with Crippen LogP contribution in [0.5, 0.6) is 0 Å². The van der Waals surface area contributed by atoms with Gasteiger partial charge < -0.3 is 10.1 Å². The molecule has 1 fully saturated rings. The normalized spacial score (nSPS) is 20.2. The minimum absolute atomic E-state index is 0.123. The van der Waals surface area contributed by atoms with Crippen LogP contribution in [0.2, 0.25) is 0 Å². The van der Waals surface area contributed by atoms with E-state index in [9.17, 15) is 4.79 Å². The highest BCUT2D eigenvalue weighted by Gasteiger charge is 2.29. The first kappa shape index (κ1) is 14.0. The monoisotopic (exact) mass is 262 g/mol. The van der Waals surface area contributed by atoms with Gasteiger partial charge in [-0.15, -0.1) is 0 Å². The van der Waals surface area contributed by atoms with Crippen molar-refractivity contribution in [3.05, 3.63) is 35.4 Å². The summed E-state index contributed by atoms with van der Waals surface area (Å²) in [6.45, 7) is 7.63. The van der Waals surface area contributed by atoms with E-state index < -0.39 is 0 Å². The van der Waals surface area contributed by atoms with Crippen LogP contribution in [-0.2, 0) is 16.1 Å². The van der Waals surface area contributed by atoms with E-state index in [1.54, 1.807) is 0 Å². The summed E-state index contributed by atoms with van der Waals surface area (Å²) in [4.78, 5) is 14.2. The van der Waals surface area contributed by atoms with Gasteiger partial charge in [0.25, 0.3) is 0 Å². The first-order valence-electron chi connectivity index (χ1n) is 6.87. The second kappa shape index (κ2) is 6.68. The number of nitrogens with one attached hydrogen (secondary N) is 1. The van der Waals surface area contributed by atoms with Crippen molar-refractivity contribution in [2.45, 2.75) is 26.4 Å². The number of carbonyl (C=O) groups excluding carboxylic acids is 1. The van der Waals surface area contributed by atoms with Crippen molar-refractivity contribution < 1.29 is 9.53 Å². The van der Waals surface area contributed by atoms with Gasteiger partial charge in [-0.1, -0.05) is 29.8 Å². The van der Waals surface area contributed by atoms with Crippen LogP contribution in [0, 0.1) is 6.92 Å². The number of benzene rings is 1. The van der Waals surface area contributed by atoms with E-state index >= 15 is 0 Å². The van der Waals surface area contributed by atoms with Crippen molar-refractivity contribution in [2.75, 3.05) is 26.2 Å². The molecule has 1 aromatic carbocycles. The smallest absolute Gasteiger partial charge is 0.324 e. The summed E-state index contributed by atoms with van der Waals surface area (Å²) in [6.07, 6.45) is 0. The van der Waals surface area contributed by atoms with E-state index in [0.717, 1.165) is 19.6 Å². The van der Waals surface area contributed by atoms with E-state index in [-0.39, 0.29) is 12.0 Å². The van der Waals surface area contributed by atoms with Gasteiger partial charge in [0.2, 0.25) is 0 Å². The fraction of sp³-hybridized carbons (Fsp3) is 0.533. The van der Waals surface area contributed by atoms with Crippen LogP contribution in [0.1, 0.15) is 18.1 Å². The molecule has 19 heavy (non-hydrogen) atoms. The molecule has 0 aromatic heterocycles. The highest BCUT2D eigenvalue weighted by molar-refractivity contribution is 5.76. The van der Waals surface area contributed by atoms with Crippen molar-refractivity contribution in [3.63, 3.8) is 0 Å². The van der Waals surface area contributed by atoms with Crippen LogP contribution in [0.25, 0.3) is 0 Å². The van der Waals surface area contributed by atoms with E-state index in [4.69, 9.17) is 4.74 Å². The molecule has 1 saturated heterocycles. The average Bonchev–Trinajstić information content (AvgIpc) is 2.39. The van der Waals surface area contributed by atoms with Crippen LogP contribution in [0.15, 0.2) is 24.3 Å². The Balaban J connectivity index is 2.05. The molecule has 2 rings (SSSR count). The minimum atomic E-state index is -0.172. The Kier molecular flexibility index (Phi) is 4.93. The summed E-state index contributed by atoms with van der Waals surface area (Å²) in [5.41, 5.74) is 2.50. The Bertz CT molecular complexity index is 434. The SMILES string of the molecule is CCOC(=O)C1CNCCN1Cc1cccc(C)c1. The Labute approximate surface area is 114 Å². The lowest BCUT2D eigenvalue weighted by atomic mass is 10.1. The number of piperazine rings is 1. The molecule has 4 heteroatoms. The van der Waals surface area contributed by atoms with Crippen LogP contribution in [0.4, 0.5) is 0 Å². The highest BCUT2D eigenvalue weighted by atomic mass is 16.5. The third-order valence-electron chi connectivity index (χ3n) is 3.38. The number of esters is 1. The number of ether oxygens (including phenoxy) is 1. The zero-order chi connectivity index (χ0) is 13.7. The lowest BCUT2D eigenvalue weighted by Crippen LogP contribution is -2.54. The van der Waals surface area contributed by atoms with E-state index in [0.29, 0.717) is 13.2 Å². The average molecular weight is 262 g/mol. The van der Waals surface area contributed by atoms with Gasteiger partial charge in [-0.2, -0.15) is 0 Å². The van der Waals surface area contributed by atoms with Gasteiger partial charge in [-0.3, -0.25) is 9.69 Å². The van der Waals surface area contributed by atoms with Crippen molar-refractivity contribution >= 4 is 5.97 Å². The van der Waals surface area contributed by atoms with Crippen molar-refractivity contribution in [2.24, 2.45) is 0 Å². The molecule has 1 atom stereocenters. The third kappa shape index (κ3) is 3.78. The van der Waals surface area contributed by atoms with Gasteiger partial charge in [0.05, 0.1) is 6.61 Å². The van der Waals surface area contributed by atoms with Gasteiger partial charge in [0.15, 0.2) is 0 Å². The third-order valence-corrected chi connectivity index (χ3v) is 3.38. The molecule has 1 unspecified atom stereocenters. The molecule has 1 N–H and O–H groups in total. The van der Waals surface area contributed by atoms with Crippen LogP contribution in [-0.4, -0.2) is 43.2 Å². The standard InChI is InChI=1S/C15H22N2O2/c1-3-19-15(18)14-10-16-7-8-17(14)11-13-6-4-5-12(2)9-13/h4-6,9,14,16H,3,7-8,10-11H2,1-2H3. The maximum Gasteiger partial charge on any atom is 0.324 e. The zero-order valence-corrected chi connectivity index (χ0v) is 11.7. The summed E-state index contributed by atoms with van der Waals surface area (Å²) >= 11 is 0. The van der Waals surface area contributed by atoms with Gasteiger partial charge >= 0.3 is 5.97 Å². The molecule has 0 spiro atoms. The maximum atomic E-state index is 12.0. The lowest BCUT2D eigenvalue weighted by Gasteiger charge is -2.34. The number of aryl methyl sites for hydroxylation is 1. The summed E-state index contributed by atoms with van der Waals surface area (Å²) in [6, 6.07) is 8.26. The molecule has 0 bridgehead atoms. The van der Waals surface area contributed by atoms with Crippen molar-refractivity contribution in [1.82, 2.24) is 10.2 Å². The van der Waals surface area contributed by atoms with Gasteiger partial charge in [-0.05, 0) is 19.4 Å². The second-order valence-electron chi connectivity index (χ2n) is 4.93. The molecule has 4 nitrogen and oxygen atoms in total. The topological polar surface area (TPSA) is 41.6 Å². The van der Waals surface area contributed by atoms with Gasteiger partial charge in [-0.25, -0.2) is 0 Å². The molecule has 0 amide bonds. The number of hydrogen-bond acceptors (Lipinski definition) is 4. The Morgan fingerprint density at radius 3 is 3.11 bits per heavy atom. The first-order valence-corrected chi connectivity index (χ1v) is 6.87. The Morgan fingerprint density at radius 2 is 2.37 bits per heavy atom. The maximum absolute atomic E-state index is 12.0. The molecule has 1 aliphatic heterocycles. The molecule has 0 saturated carbocycles. The second-order valence-corrected chi connectivity index (χ2v) is 4.93. The quantitative estimate of drug-likeness (QED) is 0.831. The molecule has 0 aliphatic carbocycles. The predicted octanol–water partition coefficient (Wildman–Crippen LogP) is 1.33. The fourth-order valence-electron chi connectivity index (χ4n) is 2.45. The lowest BCUT2D eigenvalue weighted by molar-refractivity contribution is -0.150. The molecule has 0 radical (unpaired) electrons. The van der Waals surface area contributed by atoms with E-state index in [1.807, 2.05) is 6.92 Å². The Hall–Kier alpha value is -1.39. The molecule has 1 aromatic rings. The number of hydrogen-bond donors (Lipinski definition) is 1. The zero-order valence-electron chi connectivity index (χ0n) is 11.7. The Morgan fingerprint density at radius 1 is 1.53 bits per heavy atom. The van der Waals surface area contributed by atoms with Crippen molar-refractivity contribution in [3.8, 4) is 0 Å². The molecular formula is C15H22N2O2. The molecular weight excluding hydrogens is 240 g/mol. The van der Waals surface area contributed by atoms with Crippen LogP contribution in [0.3, 0.4) is 0 Å². The summed E-state index contributed by atoms with van der Waals surface area (Å²) in [5.74, 6) is -0.123. The number of rotatable bonds is 4. The molecule has 104 valence electrons. The predicted molar refractivity (Wildman–Crippen MR) is 74.9 cm³/mol. The highest BCUT2D eigenvalue weighted by Crippen LogP contribution is 2.13. The molecule has 1 aliphatic rings. The minimum Gasteiger partial charge on any atom is -0.465 e.